The highest BCUT2D eigenvalue weighted by atomic mass is 79.9. The number of methoxy groups -OCH3 is 1. The molecule has 0 saturated heterocycles. The molecule has 1 N–H and O–H groups in total. The second kappa shape index (κ2) is 6.64. The Kier molecular flexibility index (Phi) is 5.13. The Morgan fingerprint density at radius 2 is 1.84 bits per heavy atom. The minimum atomic E-state index is 0.686. The Labute approximate surface area is 134 Å². The molecule has 2 aromatic carbocycles. The highest BCUT2D eigenvalue weighted by Gasteiger charge is 2.04. The zero-order valence-electron chi connectivity index (χ0n) is 10.2. The first-order chi connectivity index (χ1) is 9.10. The van der Waals surface area contributed by atoms with Crippen molar-refractivity contribution in [2.45, 2.75) is 6.54 Å². The lowest BCUT2D eigenvalue weighted by Gasteiger charge is -2.11. The van der Waals surface area contributed by atoms with Gasteiger partial charge in [-0.1, -0.05) is 27.5 Å². The van der Waals surface area contributed by atoms with Crippen LogP contribution in [0.15, 0.2) is 45.3 Å². The van der Waals surface area contributed by atoms with Gasteiger partial charge < -0.3 is 10.1 Å². The third kappa shape index (κ3) is 3.88. The Hall–Kier alpha value is -0.710. The zero-order chi connectivity index (χ0) is 13.8. The summed E-state index contributed by atoms with van der Waals surface area (Å²) in [5, 5.41) is 4.07. The molecule has 0 unspecified atom stereocenters. The van der Waals surface area contributed by atoms with Crippen LogP contribution in [0.4, 0.5) is 5.69 Å². The lowest BCUT2D eigenvalue weighted by atomic mass is 10.2. The molecule has 0 heterocycles. The third-order valence-corrected chi connectivity index (χ3v) is 4.31. The third-order valence-electron chi connectivity index (χ3n) is 2.64. The first kappa shape index (κ1) is 14.7. The minimum Gasteiger partial charge on any atom is -0.495 e. The number of ether oxygens (including phenoxy) is 1. The zero-order valence-corrected chi connectivity index (χ0v) is 14.1. The number of hydrogen-bond acceptors (Lipinski definition) is 2. The molecule has 0 atom stereocenters. The maximum Gasteiger partial charge on any atom is 0.135 e. The number of nitrogens with one attached hydrogen (secondary N) is 1. The van der Waals surface area contributed by atoms with Gasteiger partial charge in [0.15, 0.2) is 0 Å². The highest BCUT2D eigenvalue weighted by Crippen LogP contribution is 2.28. The van der Waals surface area contributed by atoms with Crippen LogP contribution in [0.3, 0.4) is 0 Å². The highest BCUT2D eigenvalue weighted by molar-refractivity contribution is 9.10. The monoisotopic (exact) mass is 403 g/mol. The molecule has 19 heavy (non-hydrogen) atoms. The van der Waals surface area contributed by atoms with Gasteiger partial charge in [-0.25, -0.2) is 0 Å². The lowest BCUT2D eigenvalue weighted by Crippen LogP contribution is -2.00. The molecule has 2 nitrogen and oxygen atoms in total. The van der Waals surface area contributed by atoms with E-state index in [1.807, 2.05) is 36.4 Å². The summed E-state index contributed by atoms with van der Waals surface area (Å²) in [6.07, 6.45) is 0. The molecule has 0 aliphatic carbocycles. The normalized spacial score (nSPS) is 10.3. The van der Waals surface area contributed by atoms with Crippen LogP contribution < -0.4 is 10.1 Å². The second-order valence-corrected chi connectivity index (χ2v) is 6.08. The van der Waals surface area contributed by atoms with E-state index in [2.05, 4.69) is 37.2 Å². The number of benzene rings is 2. The van der Waals surface area contributed by atoms with Crippen LogP contribution in [0, 0.1) is 0 Å². The fraction of sp³-hybridized carbons (Fsp3) is 0.143. The van der Waals surface area contributed by atoms with Crippen molar-refractivity contribution in [3.05, 3.63) is 55.9 Å². The predicted molar refractivity (Wildman–Crippen MR) is 87.2 cm³/mol. The molecule has 2 rings (SSSR count). The number of halogens is 3. The fourth-order valence-corrected chi connectivity index (χ4v) is 2.64. The molecule has 0 fully saturated rings. The van der Waals surface area contributed by atoms with Crippen molar-refractivity contribution in [1.82, 2.24) is 0 Å². The van der Waals surface area contributed by atoms with E-state index in [4.69, 9.17) is 16.3 Å². The number of rotatable bonds is 4. The molecule has 2 aromatic rings. The molecular formula is C14H12Br2ClNO. The predicted octanol–water partition coefficient (Wildman–Crippen LogP) is 5.49. The molecule has 0 aromatic heterocycles. The van der Waals surface area contributed by atoms with Crippen molar-refractivity contribution < 1.29 is 4.74 Å². The molecule has 0 aliphatic heterocycles. The van der Waals surface area contributed by atoms with Crippen molar-refractivity contribution in [3.63, 3.8) is 0 Å². The van der Waals surface area contributed by atoms with E-state index in [0.29, 0.717) is 6.54 Å². The van der Waals surface area contributed by atoms with Gasteiger partial charge in [0.05, 0.1) is 11.6 Å². The van der Waals surface area contributed by atoms with Gasteiger partial charge >= 0.3 is 0 Å². The number of anilines is 1. The SMILES string of the molecule is COc1cc(NCc2cc(Cl)ccc2Br)ccc1Br. The van der Waals surface area contributed by atoms with Crippen LogP contribution in [-0.2, 0) is 6.54 Å². The molecule has 0 saturated carbocycles. The lowest BCUT2D eigenvalue weighted by molar-refractivity contribution is 0.412. The first-order valence-corrected chi connectivity index (χ1v) is 7.58. The number of hydrogen-bond donors (Lipinski definition) is 1. The van der Waals surface area contributed by atoms with E-state index in [-0.39, 0.29) is 0 Å². The van der Waals surface area contributed by atoms with Crippen LogP contribution in [0.2, 0.25) is 5.02 Å². The summed E-state index contributed by atoms with van der Waals surface area (Å²) in [6, 6.07) is 11.6. The van der Waals surface area contributed by atoms with Gasteiger partial charge in [-0.2, -0.15) is 0 Å². The molecule has 0 aliphatic rings. The van der Waals surface area contributed by atoms with Crippen LogP contribution in [-0.4, -0.2) is 7.11 Å². The Morgan fingerprint density at radius 1 is 1.11 bits per heavy atom. The van der Waals surface area contributed by atoms with E-state index in [9.17, 15) is 0 Å². The van der Waals surface area contributed by atoms with E-state index in [1.165, 1.54) is 0 Å². The van der Waals surface area contributed by atoms with Crippen molar-refractivity contribution >= 4 is 49.1 Å². The van der Waals surface area contributed by atoms with Crippen molar-refractivity contribution in [3.8, 4) is 5.75 Å². The summed E-state index contributed by atoms with van der Waals surface area (Å²) in [4.78, 5) is 0. The quantitative estimate of drug-likeness (QED) is 0.727. The maximum absolute atomic E-state index is 5.99. The van der Waals surface area contributed by atoms with Crippen LogP contribution in [0.5, 0.6) is 5.75 Å². The van der Waals surface area contributed by atoms with Crippen molar-refractivity contribution in [2.24, 2.45) is 0 Å². The van der Waals surface area contributed by atoms with Crippen molar-refractivity contribution in [2.75, 3.05) is 12.4 Å². The molecule has 100 valence electrons. The topological polar surface area (TPSA) is 21.3 Å². The summed E-state index contributed by atoms with van der Waals surface area (Å²) in [5.41, 5.74) is 2.10. The summed E-state index contributed by atoms with van der Waals surface area (Å²) in [5.74, 6) is 0.801. The standard InChI is InChI=1S/C14H12Br2ClNO/c1-19-14-7-11(3-5-13(14)16)18-8-9-6-10(17)2-4-12(9)15/h2-7,18H,8H2,1H3. The summed E-state index contributed by atoms with van der Waals surface area (Å²) in [6.45, 7) is 0.686. The molecule has 5 heteroatoms. The van der Waals surface area contributed by atoms with E-state index < -0.39 is 0 Å². The first-order valence-electron chi connectivity index (χ1n) is 5.61. The molecule has 0 spiro atoms. The average molecular weight is 406 g/mol. The summed E-state index contributed by atoms with van der Waals surface area (Å²) >= 11 is 12.9. The Morgan fingerprint density at radius 3 is 2.58 bits per heavy atom. The Balaban J connectivity index is 2.12. The second-order valence-electron chi connectivity index (χ2n) is 3.94. The van der Waals surface area contributed by atoms with Gasteiger partial charge in [0.2, 0.25) is 0 Å². The van der Waals surface area contributed by atoms with E-state index >= 15 is 0 Å². The average Bonchev–Trinajstić information content (AvgIpc) is 2.41. The van der Waals surface area contributed by atoms with Gasteiger partial charge in [-0.05, 0) is 51.8 Å². The van der Waals surface area contributed by atoms with Gasteiger partial charge in [0.25, 0.3) is 0 Å². The maximum atomic E-state index is 5.99. The van der Waals surface area contributed by atoms with Crippen LogP contribution in [0.25, 0.3) is 0 Å². The smallest absolute Gasteiger partial charge is 0.135 e. The van der Waals surface area contributed by atoms with Gasteiger partial charge in [0, 0.05) is 27.8 Å². The van der Waals surface area contributed by atoms with E-state index in [1.54, 1.807) is 7.11 Å². The molecule has 0 bridgehead atoms. The van der Waals surface area contributed by atoms with Crippen LogP contribution in [0.1, 0.15) is 5.56 Å². The minimum absolute atomic E-state index is 0.686. The van der Waals surface area contributed by atoms with Gasteiger partial charge in [-0.15, -0.1) is 0 Å². The summed E-state index contributed by atoms with van der Waals surface area (Å²) < 4.78 is 7.23. The summed E-state index contributed by atoms with van der Waals surface area (Å²) in [7, 11) is 1.65. The van der Waals surface area contributed by atoms with Crippen molar-refractivity contribution in [1.29, 1.82) is 0 Å². The molecule has 0 radical (unpaired) electrons. The van der Waals surface area contributed by atoms with E-state index in [0.717, 1.165) is 31.0 Å². The van der Waals surface area contributed by atoms with Crippen LogP contribution >= 0.6 is 43.5 Å². The largest absolute Gasteiger partial charge is 0.495 e. The van der Waals surface area contributed by atoms with Gasteiger partial charge in [0.1, 0.15) is 5.75 Å². The fourth-order valence-electron chi connectivity index (χ4n) is 1.65. The van der Waals surface area contributed by atoms with Gasteiger partial charge in [-0.3, -0.25) is 0 Å². The molecular weight excluding hydrogens is 393 g/mol. The Bertz CT molecular complexity index is 590. The molecule has 0 amide bonds.